The minimum absolute atomic E-state index is 0.0445. The standard InChI is InChI=1S/C16H19N3O4/c1-11-9-19(7-8-21-11)16(20)13-5-3-4-6-14(13)22-10-15-17-12(2)23-18-15/h3-6,11H,7-10H2,1-2H3/t11-/m1/s1. The fraction of sp³-hybridized carbons (Fsp3) is 0.438. The van der Waals surface area contributed by atoms with Gasteiger partial charge in [0.15, 0.2) is 6.61 Å². The molecular weight excluding hydrogens is 298 g/mol. The van der Waals surface area contributed by atoms with Crippen LogP contribution in [0.5, 0.6) is 5.75 Å². The van der Waals surface area contributed by atoms with Crippen molar-refractivity contribution in [2.24, 2.45) is 0 Å². The zero-order chi connectivity index (χ0) is 16.2. The van der Waals surface area contributed by atoms with E-state index in [0.29, 0.717) is 42.7 Å². The fourth-order valence-corrected chi connectivity index (χ4v) is 2.48. The molecule has 0 radical (unpaired) electrons. The third kappa shape index (κ3) is 3.68. The third-order valence-electron chi connectivity index (χ3n) is 3.57. The summed E-state index contributed by atoms with van der Waals surface area (Å²) in [6, 6.07) is 7.18. The van der Waals surface area contributed by atoms with Gasteiger partial charge < -0.3 is 18.9 Å². The summed E-state index contributed by atoms with van der Waals surface area (Å²) in [6.45, 7) is 5.55. The highest BCUT2D eigenvalue weighted by Gasteiger charge is 2.24. The number of aromatic nitrogens is 2. The number of rotatable bonds is 4. The Morgan fingerprint density at radius 3 is 3.00 bits per heavy atom. The van der Waals surface area contributed by atoms with Gasteiger partial charge in [-0.2, -0.15) is 4.98 Å². The van der Waals surface area contributed by atoms with Crippen molar-refractivity contribution in [1.29, 1.82) is 0 Å². The van der Waals surface area contributed by atoms with Crippen LogP contribution in [0.2, 0.25) is 0 Å². The molecule has 122 valence electrons. The zero-order valence-corrected chi connectivity index (χ0v) is 13.2. The SMILES string of the molecule is Cc1nc(COc2ccccc2C(=O)N2CCO[C@H](C)C2)no1. The Kier molecular flexibility index (Phi) is 4.57. The second-order valence-electron chi connectivity index (χ2n) is 5.45. The van der Waals surface area contributed by atoms with Crippen LogP contribution in [-0.2, 0) is 11.3 Å². The molecule has 0 bridgehead atoms. The van der Waals surface area contributed by atoms with Crippen molar-refractivity contribution in [3.63, 3.8) is 0 Å². The maximum atomic E-state index is 12.7. The molecule has 7 nitrogen and oxygen atoms in total. The Morgan fingerprint density at radius 2 is 2.26 bits per heavy atom. The zero-order valence-electron chi connectivity index (χ0n) is 13.2. The molecule has 1 aliphatic heterocycles. The number of aryl methyl sites for hydroxylation is 1. The lowest BCUT2D eigenvalue weighted by Gasteiger charge is -2.31. The van der Waals surface area contributed by atoms with E-state index in [9.17, 15) is 4.79 Å². The maximum absolute atomic E-state index is 12.7. The van der Waals surface area contributed by atoms with Crippen LogP contribution >= 0.6 is 0 Å². The molecule has 2 aromatic rings. The van der Waals surface area contributed by atoms with Crippen LogP contribution in [-0.4, -0.2) is 46.7 Å². The topological polar surface area (TPSA) is 77.7 Å². The summed E-state index contributed by atoms with van der Waals surface area (Å²) in [4.78, 5) is 18.6. The van der Waals surface area contributed by atoms with Gasteiger partial charge in [0.1, 0.15) is 5.75 Å². The van der Waals surface area contributed by atoms with E-state index in [1.54, 1.807) is 24.0 Å². The van der Waals surface area contributed by atoms with Gasteiger partial charge in [-0.3, -0.25) is 4.79 Å². The van der Waals surface area contributed by atoms with E-state index < -0.39 is 0 Å². The van der Waals surface area contributed by atoms with Gasteiger partial charge in [0.25, 0.3) is 5.91 Å². The number of benzene rings is 1. The van der Waals surface area contributed by atoms with Crippen LogP contribution in [0.4, 0.5) is 0 Å². The summed E-state index contributed by atoms with van der Waals surface area (Å²) in [7, 11) is 0. The van der Waals surface area contributed by atoms with Crippen molar-refractivity contribution >= 4 is 5.91 Å². The first-order valence-corrected chi connectivity index (χ1v) is 7.55. The molecule has 3 rings (SSSR count). The van der Waals surface area contributed by atoms with Gasteiger partial charge in [0, 0.05) is 20.0 Å². The Hall–Kier alpha value is -2.41. The molecule has 1 saturated heterocycles. The Labute approximate surface area is 134 Å². The first-order chi connectivity index (χ1) is 11.1. The van der Waals surface area contributed by atoms with Crippen molar-refractivity contribution < 1.29 is 18.8 Å². The van der Waals surface area contributed by atoms with Crippen LogP contribution in [0.15, 0.2) is 28.8 Å². The number of nitrogens with zero attached hydrogens (tertiary/aromatic N) is 3. The molecule has 7 heteroatoms. The van der Waals surface area contributed by atoms with Gasteiger partial charge >= 0.3 is 0 Å². The summed E-state index contributed by atoms with van der Waals surface area (Å²) in [5.41, 5.74) is 0.529. The highest BCUT2D eigenvalue weighted by Crippen LogP contribution is 2.22. The normalized spacial score (nSPS) is 18.0. The van der Waals surface area contributed by atoms with Crippen LogP contribution in [0.1, 0.15) is 29.0 Å². The predicted molar refractivity (Wildman–Crippen MR) is 81.1 cm³/mol. The lowest BCUT2D eigenvalue weighted by molar-refractivity contribution is -0.0125. The maximum Gasteiger partial charge on any atom is 0.257 e. The second-order valence-corrected chi connectivity index (χ2v) is 5.45. The van der Waals surface area contributed by atoms with E-state index in [1.165, 1.54) is 0 Å². The van der Waals surface area contributed by atoms with Gasteiger partial charge in [0.05, 0.1) is 18.3 Å². The summed E-state index contributed by atoms with van der Waals surface area (Å²) in [5.74, 6) is 1.39. The van der Waals surface area contributed by atoms with E-state index in [-0.39, 0.29) is 18.6 Å². The van der Waals surface area contributed by atoms with E-state index >= 15 is 0 Å². The van der Waals surface area contributed by atoms with Crippen LogP contribution in [0.25, 0.3) is 0 Å². The van der Waals surface area contributed by atoms with Gasteiger partial charge in [-0.05, 0) is 19.1 Å². The largest absolute Gasteiger partial charge is 0.485 e. The molecule has 1 aliphatic rings. The highest BCUT2D eigenvalue weighted by atomic mass is 16.5. The Bertz CT molecular complexity index is 685. The average molecular weight is 317 g/mol. The molecule has 1 aromatic carbocycles. The molecule has 23 heavy (non-hydrogen) atoms. The monoisotopic (exact) mass is 317 g/mol. The minimum atomic E-state index is -0.0555. The Balaban J connectivity index is 1.73. The van der Waals surface area contributed by atoms with Crippen LogP contribution in [0.3, 0.4) is 0 Å². The molecule has 0 spiro atoms. The Morgan fingerprint density at radius 1 is 1.43 bits per heavy atom. The lowest BCUT2D eigenvalue weighted by Crippen LogP contribution is -2.44. The first kappa shape index (κ1) is 15.5. The van der Waals surface area contributed by atoms with Gasteiger partial charge in [-0.1, -0.05) is 17.3 Å². The van der Waals surface area contributed by atoms with Crippen molar-refractivity contribution in [2.75, 3.05) is 19.7 Å². The molecule has 1 fully saturated rings. The lowest BCUT2D eigenvalue weighted by atomic mass is 10.1. The predicted octanol–water partition coefficient (Wildman–Crippen LogP) is 1.82. The summed E-state index contributed by atoms with van der Waals surface area (Å²) >= 11 is 0. The molecule has 1 aromatic heterocycles. The van der Waals surface area contributed by atoms with Gasteiger partial charge in [-0.15, -0.1) is 0 Å². The number of carbonyl (C=O) groups is 1. The quantitative estimate of drug-likeness (QED) is 0.856. The molecule has 0 N–H and O–H groups in total. The molecule has 0 saturated carbocycles. The van der Waals surface area contributed by atoms with E-state index in [1.807, 2.05) is 19.1 Å². The minimum Gasteiger partial charge on any atom is -0.485 e. The van der Waals surface area contributed by atoms with E-state index in [0.717, 1.165) is 0 Å². The molecule has 0 unspecified atom stereocenters. The molecular formula is C16H19N3O4. The van der Waals surface area contributed by atoms with E-state index in [2.05, 4.69) is 10.1 Å². The number of morpholine rings is 1. The smallest absolute Gasteiger partial charge is 0.257 e. The third-order valence-corrected chi connectivity index (χ3v) is 3.57. The number of amides is 1. The number of carbonyl (C=O) groups excluding carboxylic acids is 1. The van der Waals surface area contributed by atoms with Crippen LogP contribution < -0.4 is 4.74 Å². The molecule has 1 atom stereocenters. The van der Waals surface area contributed by atoms with Crippen LogP contribution in [0, 0.1) is 6.92 Å². The average Bonchev–Trinajstić information content (AvgIpc) is 2.98. The summed E-state index contributed by atoms with van der Waals surface area (Å²) in [5, 5.41) is 3.78. The second kappa shape index (κ2) is 6.78. The highest BCUT2D eigenvalue weighted by molar-refractivity contribution is 5.97. The summed E-state index contributed by atoms with van der Waals surface area (Å²) < 4.78 is 16.1. The van der Waals surface area contributed by atoms with Crippen molar-refractivity contribution in [1.82, 2.24) is 15.0 Å². The van der Waals surface area contributed by atoms with Gasteiger partial charge in [-0.25, -0.2) is 0 Å². The number of hydrogen-bond donors (Lipinski definition) is 0. The molecule has 0 aliphatic carbocycles. The van der Waals surface area contributed by atoms with E-state index in [4.69, 9.17) is 14.0 Å². The number of para-hydroxylation sites is 1. The number of hydrogen-bond acceptors (Lipinski definition) is 6. The van der Waals surface area contributed by atoms with Crippen molar-refractivity contribution in [2.45, 2.75) is 26.6 Å². The van der Waals surface area contributed by atoms with Crippen molar-refractivity contribution in [3.05, 3.63) is 41.5 Å². The first-order valence-electron chi connectivity index (χ1n) is 7.55. The molecule has 1 amide bonds. The fourth-order valence-electron chi connectivity index (χ4n) is 2.48. The summed E-state index contributed by atoms with van der Waals surface area (Å²) in [6.07, 6.45) is 0.0445. The molecule has 2 heterocycles. The van der Waals surface area contributed by atoms with Crippen molar-refractivity contribution in [3.8, 4) is 5.75 Å². The number of ether oxygens (including phenoxy) is 2. The van der Waals surface area contributed by atoms with Gasteiger partial charge in [0.2, 0.25) is 11.7 Å².